The second-order valence-corrected chi connectivity index (χ2v) is 7.53. The van der Waals surface area contributed by atoms with E-state index in [1.807, 2.05) is 31.2 Å². The number of hydrogen-bond acceptors (Lipinski definition) is 5. The molecule has 3 rings (SSSR count). The number of carbonyl (C=O) groups is 4. The molecule has 2 aromatic rings. The minimum Gasteiger partial charge on any atom is -0.454 e. The van der Waals surface area contributed by atoms with Crippen LogP contribution in [0.1, 0.15) is 45.7 Å². The molecule has 1 heterocycles. The zero-order valence-corrected chi connectivity index (χ0v) is 17.2. The molecule has 0 bridgehead atoms. The second-order valence-electron chi connectivity index (χ2n) is 7.53. The van der Waals surface area contributed by atoms with Gasteiger partial charge in [0.15, 0.2) is 6.61 Å². The third-order valence-corrected chi connectivity index (χ3v) is 5.06. The molecule has 0 spiro atoms. The highest BCUT2D eigenvalue weighted by Gasteiger charge is 2.44. The van der Waals surface area contributed by atoms with E-state index in [-0.39, 0.29) is 17.0 Å². The fourth-order valence-electron chi connectivity index (χ4n) is 3.41. The lowest BCUT2D eigenvalue weighted by Gasteiger charge is -2.27. The predicted molar refractivity (Wildman–Crippen MR) is 110 cm³/mol. The topological polar surface area (TPSA) is 92.8 Å². The van der Waals surface area contributed by atoms with E-state index in [4.69, 9.17) is 4.74 Å². The number of hydrogen-bond donors (Lipinski definition) is 1. The van der Waals surface area contributed by atoms with Crippen molar-refractivity contribution >= 4 is 23.7 Å². The predicted octanol–water partition coefficient (Wildman–Crippen LogP) is 2.48. The van der Waals surface area contributed by atoms with Gasteiger partial charge in [0, 0.05) is 6.54 Å². The van der Waals surface area contributed by atoms with E-state index >= 15 is 0 Å². The summed E-state index contributed by atoms with van der Waals surface area (Å²) in [6.07, 6.45) is 0. The average molecular weight is 408 g/mol. The van der Waals surface area contributed by atoms with Gasteiger partial charge in [-0.15, -0.1) is 0 Å². The molecular weight excluding hydrogens is 384 g/mol. The van der Waals surface area contributed by atoms with Crippen LogP contribution >= 0.6 is 0 Å². The molecule has 1 aliphatic heterocycles. The molecule has 3 amide bonds. The molecule has 2 aromatic carbocycles. The number of amides is 3. The molecule has 0 fully saturated rings. The van der Waals surface area contributed by atoms with Crippen molar-refractivity contribution in [2.75, 3.05) is 6.61 Å². The van der Waals surface area contributed by atoms with Gasteiger partial charge in [-0.25, -0.2) is 4.79 Å². The Morgan fingerprint density at radius 1 is 0.967 bits per heavy atom. The Balaban J connectivity index is 1.63. The van der Waals surface area contributed by atoms with Crippen LogP contribution in [0.3, 0.4) is 0 Å². The van der Waals surface area contributed by atoms with Gasteiger partial charge in [-0.05, 0) is 36.1 Å². The van der Waals surface area contributed by atoms with Crippen LogP contribution in [0.25, 0.3) is 0 Å². The van der Waals surface area contributed by atoms with Gasteiger partial charge in [0.2, 0.25) is 0 Å². The van der Waals surface area contributed by atoms with Crippen molar-refractivity contribution in [1.82, 2.24) is 10.2 Å². The normalized spacial score (nSPS) is 13.9. The van der Waals surface area contributed by atoms with Crippen LogP contribution in [0.2, 0.25) is 0 Å². The van der Waals surface area contributed by atoms with Gasteiger partial charge in [-0.1, -0.05) is 50.2 Å². The monoisotopic (exact) mass is 408 g/mol. The number of ether oxygens (including phenoxy) is 1. The summed E-state index contributed by atoms with van der Waals surface area (Å²) >= 11 is 0. The number of rotatable bonds is 7. The van der Waals surface area contributed by atoms with Crippen molar-refractivity contribution in [3.05, 3.63) is 70.8 Å². The van der Waals surface area contributed by atoms with Crippen LogP contribution in [0, 0.1) is 12.8 Å². The Bertz CT molecular complexity index is 964. The molecule has 7 nitrogen and oxygen atoms in total. The number of esters is 1. The molecule has 1 atom stereocenters. The summed E-state index contributed by atoms with van der Waals surface area (Å²) in [7, 11) is 0. The minimum atomic E-state index is -1.11. The van der Waals surface area contributed by atoms with E-state index in [2.05, 4.69) is 5.32 Å². The third-order valence-electron chi connectivity index (χ3n) is 5.06. The average Bonchev–Trinajstić information content (AvgIpc) is 2.97. The maximum Gasteiger partial charge on any atom is 0.330 e. The zero-order valence-electron chi connectivity index (χ0n) is 17.2. The van der Waals surface area contributed by atoms with Gasteiger partial charge in [0.25, 0.3) is 17.7 Å². The van der Waals surface area contributed by atoms with Gasteiger partial charge in [0.05, 0.1) is 11.1 Å². The Morgan fingerprint density at radius 2 is 1.53 bits per heavy atom. The van der Waals surface area contributed by atoms with Crippen LogP contribution < -0.4 is 5.32 Å². The highest BCUT2D eigenvalue weighted by atomic mass is 16.5. The molecule has 7 heteroatoms. The van der Waals surface area contributed by atoms with Crippen LogP contribution in [0.4, 0.5) is 0 Å². The Morgan fingerprint density at radius 3 is 2.10 bits per heavy atom. The molecule has 156 valence electrons. The number of carbonyl (C=O) groups excluding carboxylic acids is 4. The Hall–Kier alpha value is -3.48. The van der Waals surface area contributed by atoms with Gasteiger partial charge >= 0.3 is 5.97 Å². The molecule has 0 aliphatic carbocycles. The number of benzene rings is 2. The lowest BCUT2D eigenvalue weighted by molar-refractivity contribution is -0.153. The summed E-state index contributed by atoms with van der Waals surface area (Å²) in [6.45, 7) is 5.20. The smallest absolute Gasteiger partial charge is 0.330 e. The van der Waals surface area contributed by atoms with E-state index in [1.54, 1.807) is 38.1 Å². The maximum absolute atomic E-state index is 12.7. The van der Waals surface area contributed by atoms with E-state index in [9.17, 15) is 19.2 Å². The quantitative estimate of drug-likeness (QED) is 0.561. The highest BCUT2D eigenvalue weighted by Crippen LogP contribution is 2.27. The zero-order chi connectivity index (χ0) is 21.8. The van der Waals surface area contributed by atoms with Crippen molar-refractivity contribution in [3.8, 4) is 0 Å². The van der Waals surface area contributed by atoms with Crippen molar-refractivity contribution in [1.29, 1.82) is 0 Å². The fourth-order valence-corrected chi connectivity index (χ4v) is 3.41. The van der Waals surface area contributed by atoms with E-state index < -0.39 is 36.3 Å². The van der Waals surface area contributed by atoms with Gasteiger partial charge < -0.3 is 10.1 Å². The summed E-state index contributed by atoms with van der Waals surface area (Å²) in [5, 5.41) is 2.70. The SMILES string of the molecule is Cc1ccccc1CNC(=O)COC(=O)[C@H](C(C)C)N1C(=O)c2ccccc2C1=O. The highest BCUT2D eigenvalue weighted by molar-refractivity contribution is 6.22. The summed E-state index contributed by atoms with van der Waals surface area (Å²) in [4.78, 5) is 51.2. The third kappa shape index (κ3) is 4.25. The first kappa shape index (κ1) is 21.2. The standard InChI is InChI=1S/C23H24N2O5/c1-14(2)20(25-21(27)17-10-6-7-11-18(17)22(25)28)23(29)30-13-19(26)24-12-16-9-5-4-8-15(16)3/h4-11,14,20H,12-13H2,1-3H3,(H,24,26)/t20-/m0/s1. The Kier molecular flexibility index (Phi) is 6.30. The number of nitrogens with one attached hydrogen (secondary N) is 1. The molecule has 1 aliphatic rings. The molecule has 0 radical (unpaired) electrons. The molecule has 1 N–H and O–H groups in total. The second kappa shape index (κ2) is 8.90. The van der Waals surface area contributed by atoms with Crippen LogP contribution in [-0.2, 0) is 20.9 Å². The van der Waals surface area contributed by atoms with Gasteiger partial charge in [-0.2, -0.15) is 0 Å². The molecule has 0 saturated heterocycles. The first-order valence-corrected chi connectivity index (χ1v) is 9.76. The van der Waals surface area contributed by atoms with Crippen molar-refractivity contribution in [3.63, 3.8) is 0 Å². The van der Waals surface area contributed by atoms with Crippen molar-refractivity contribution in [2.45, 2.75) is 33.4 Å². The number of nitrogens with zero attached hydrogens (tertiary/aromatic N) is 1. The molecular formula is C23H24N2O5. The fraction of sp³-hybridized carbons (Fsp3) is 0.304. The van der Waals surface area contributed by atoms with E-state index in [0.29, 0.717) is 6.54 Å². The van der Waals surface area contributed by atoms with Gasteiger partial charge in [0.1, 0.15) is 6.04 Å². The minimum absolute atomic E-state index is 0.261. The van der Waals surface area contributed by atoms with Crippen molar-refractivity contribution in [2.24, 2.45) is 5.92 Å². The van der Waals surface area contributed by atoms with Crippen LogP contribution in [-0.4, -0.2) is 41.2 Å². The van der Waals surface area contributed by atoms with E-state index in [0.717, 1.165) is 16.0 Å². The molecule has 0 saturated carbocycles. The molecule has 0 aromatic heterocycles. The number of imide groups is 1. The largest absolute Gasteiger partial charge is 0.454 e. The lowest BCUT2D eigenvalue weighted by Crippen LogP contribution is -2.49. The molecule has 0 unspecified atom stereocenters. The summed E-state index contributed by atoms with van der Waals surface area (Å²) < 4.78 is 5.16. The Labute approximate surface area is 175 Å². The van der Waals surface area contributed by atoms with E-state index in [1.165, 1.54) is 0 Å². The lowest BCUT2D eigenvalue weighted by atomic mass is 10.0. The summed E-state index contributed by atoms with van der Waals surface area (Å²) in [5.41, 5.74) is 2.53. The van der Waals surface area contributed by atoms with Crippen LogP contribution in [0.15, 0.2) is 48.5 Å². The van der Waals surface area contributed by atoms with Crippen LogP contribution in [0.5, 0.6) is 0 Å². The molecule has 30 heavy (non-hydrogen) atoms. The number of aryl methyl sites for hydroxylation is 1. The van der Waals surface area contributed by atoms with Gasteiger partial charge in [-0.3, -0.25) is 19.3 Å². The number of fused-ring (bicyclic) bond motifs is 1. The first-order chi connectivity index (χ1) is 14.3. The summed E-state index contributed by atoms with van der Waals surface area (Å²) in [6, 6.07) is 13.0. The maximum atomic E-state index is 12.7. The summed E-state index contributed by atoms with van der Waals surface area (Å²) in [5.74, 6) is -2.69. The first-order valence-electron chi connectivity index (χ1n) is 9.76. The van der Waals surface area contributed by atoms with Crippen molar-refractivity contribution < 1.29 is 23.9 Å².